The van der Waals surface area contributed by atoms with E-state index < -0.39 is 35.2 Å². The van der Waals surface area contributed by atoms with E-state index in [1.807, 2.05) is 38.1 Å². The minimum Gasteiger partial charge on any atom is -0.493 e. The number of thioether (sulfide) groups is 1. The summed E-state index contributed by atoms with van der Waals surface area (Å²) in [6.45, 7) is 3.14. The first-order valence-corrected chi connectivity index (χ1v) is 13.6. The van der Waals surface area contributed by atoms with Crippen molar-refractivity contribution in [2.45, 2.75) is 19.8 Å². The van der Waals surface area contributed by atoms with Crippen LogP contribution in [0.15, 0.2) is 65.6 Å². The van der Waals surface area contributed by atoms with Gasteiger partial charge in [-0.25, -0.2) is 8.78 Å². The van der Waals surface area contributed by atoms with Gasteiger partial charge in [0.2, 0.25) is 5.91 Å². The Balaban J connectivity index is 1.39. The molecule has 3 aromatic carbocycles. The number of ether oxygens (including phenoxy) is 2. The largest absolute Gasteiger partial charge is 0.493 e. The molecule has 0 aromatic heterocycles. The summed E-state index contributed by atoms with van der Waals surface area (Å²) in [4.78, 5) is 50.9. The van der Waals surface area contributed by atoms with Crippen molar-refractivity contribution < 1.29 is 37.4 Å². The zero-order chi connectivity index (χ0) is 30.4. The highest BCUT2D eigenvalue weighted by molar-refractivity contribution is 8.18. The summed E-state index contributed by atoms with van der Waals surface area (Å²) in [6, 6.07) is 14.9. The Bertz CT molecular complexity index is 1580. The Hall–Kier alpha value is -4.71. The molecule has 9 nitrogen and oxygen atoms in total. The van der Waals surface area contributed by atoms with Gasteiger partial charge >= 0.3 is 0 Å². The molecule has 0 bridgehead atoms. The third-order valence-electron chi connectivity index (χ3n) is 6.08. The predicted octanol–water partition coefficient (Wildman–Crippen LogP) is 5.79. The van der Waals surface area contributed by atoms with Crippen LogP contribution >= 0.6 is 11.8 Å². The molecule has 218 valence electrons. The van der Waals surface area contributed by atoms with Gasteiger partial charge < -0.3 is 20.1 Å². The molecule has 1 aliphatic heterocycles. The summed E-state index contributed by atoms with van der Waals surface area (Å²) >= 11 is 0.636. The van der Waals surface area contributed by atoms with Crippen molar-refractivity contribution in [2.75, 3.05) is 30.9 Å². The molecule has 0 saturated carbocycles. The van der Waals surface area contributed by atoms with E-state index >= 15 is 0 Å². The van der Waals surface area contributed by atoms with Crippen LogP contribution in [0.2, 0.25) is 0 Å². The topological polar surface area (TPSA) is 114 Å². The molecule has 4 rings (SSSR count). The van der Waals surface area contributed by atoms with Crippen LogP contribution in [0.25, 0.3) is 6.08 Å². The van der Waals surface area contributed by atoms with Gasteiger partial charge in [0.05, 0.1) is 17.7 Å². The third kappa shape index (κ3) is 7.32. The molecular formula is C30H27F2N3O6S. The molecule has 1 fully saturated rings. The van der Waals surface area contributed by atoms with Gasteiger partial charge in [0.1, 0.15) is 18.2 Å². The lowest BCUT2D eigenvalue weighted by Crippen LogP contribution is -2.36. The molecule has 2 N–H and O–H groups in total. The zero-order valence-corrected chi connectivity index (χ0v) is 23.7. The molecule has 1 heterocycles. The number of amides is 4. The summed E-state index contributed by atoms with van der Waals surface area (Å²) in [5.74, 6) is -2.89. The van der Waals surface area contributed by atoms with E-state index in [1.54, 1.807) is 18.2 Å². The van der Waals surface area contributed by atoms with Crippen LogP contribution in [0, 0.1) is 11.6 Å². The number of carbonyl (C=O) groups is 4. The number of hydrogen-bond acceptors (Lipinski definition) is 7. The van der Waals surface area contributed by atoms with Crippen LogP contribution in [-0.2, 0) is 14.4 Å². The van der Waals surface area contributed by atoms with Gasteiger partial charge in [0.25, 0.3) is 17.1 Å². The second kappa shape index (κ2) is 13.3. The Kier molecular flexibility index (Phi) is 9.58. The highest BCUT2D eigenvalue weighted by Gasteiger charge is 2.36. The normalized spacial score (nSPS) is 14.0. The molecule has 0 radical (unpaired) electrons. The monoisotopic (exact) mass is 595 g/mol. The van der Waals surface area contributed by atoms with Gasteiger partial charge in [0.15, 0.2) is 18.1 Å². The van der Waals surface area contributed by atoms with Crippen molar-refractivity contribution in [1.29, 1.82) is 0 Å². The molecule has 0 spiro atoms. The van der Waals surface area contributed by atoms with Crippen molar-refractivity contribution in [3.63, 3.8) is 0 Å². The Morgan fingerprint density at radius 1 is 0.952 bits per heavy atom. The number of rotatable bonds is 10. The molecule has 0 aliphatic carbocycles. The Morgan fingerprint density at radius 3 is 2.40 bits per heavy atom. The fourth-order valence-corrected chi connectivity index (χ4v) is 4.89. The van der Waals surface area contributed by atoms with E-state index in [4.69, 9.17) is 9.47 Å². The summed E-state index contributed by atoms with van der Waals surface area (Å²) < 4.78 is 38.0. The van der Waals surface area contributed by atoms with Gasteiger partial charge in [0, 0.05) is 11.8 Å². The van der Waals surface area contributed by atoms with Crippen molar-refractivity contribution >= 4 is 52.2 Å². The first-order chi connectivity index (χ1) is 20.0. The van der Waals surface area contributed by atoms with Gasteiger partial charge in [-0.3, -0.25) is 24.1 Å². The lowest BCUT2D eigenvalue weighted by Gasteiger charge is -2.15. The number of benzene rings is 3. The summed E-state index contributed by atoms with van der Waals surface area (Å²) in [7, 11) is 1.42. The van der Waals surface area contributed by atoms with E-state index in [0.29, 0.717) is 40.6 Å². The molecule has 0 atom stereocenters. The Morgan fingerprint density at radius 2 is 1.69 bits per heavy atom. The summed E-state index contributed by atoms with van der Waals surface area (Å²) in [6.07, 6.45) is 1.45. The minimum absolute atomic E-state index is 0.0553. The fraction of sp³-hybridized carbons (Fsp3) is 0.200. The number of nitrogens with one attached hydrogen (secondary N) is 2. The molecule has 4 amide bonds. The zero-order valence-electron chi connectivity index (χ0n) is 22.9. The molecule has 42 heavy (non-hydrogen) atoms. The smallest absolute Gasteiger partial charge is 0.294 e. The number of hydrogen-bond donors (Lipinski definition) is 2. The maximum atomic E-state index is 13.8. The number of imide groups is 1. The maximum absolute atomic E-state index is 13.8. The van der Waals surface area contributed by atoms with Gasteiger partial charge in [-0.2, -0.15) is 0 Å². The Labute approximate surface area is 244 Å². The second-order valence-electron chi connectivity index (χ2n) is 9.43. The summed E-state index contributed by atoms with van der Waals surface area (Å²) in [5, 5.41) is 4.39. The highest BCUT2D eigenvalue weighted by Crippen LogP contribution is 2.34. The standard InChI is InChI=1S/C30H27F2N3O6S/c1-17(2)20-6-4-5-7-22(20)33-28(37)16-41-24-11-8-18(12-25(24)40-3)13-26-29(38)35(30(39)42-26)15-27(36)34-23-10-9-19(31)14-21(23)32/h4-14,17H,15-16H2,1-3H3,(H,33,37)(H,34,36)/b26-13-. The number of anilines is 2. The number of nitrogens with zero attached hydrogens (tertiary/aromatic N) is 1. The molecule has 12 heteroatoms. The average molecular weight is 596 g/mol. The minimum atomic E-state index is -0.990. The van der Waals surface area contributed by atoms with Crippen LogP contribution in [-0.4, -0.2) is 48.1 Å². The van der Waals surface area contributed by atoms with Crippen LogP contribution in [0.1, 0.15) is 30.9 Å². The van der Waals surface area contributed by atoms with Crippen LogP contribution in [0.3, 0.4) is 0 Å². The lowest BCUT2D eigenvalue weighted by atomic mass is 10.0. The first-order valence-electron chi connectivity index (χ1n) is 12.8. The van der Waals surface area contributed by atoms with E-state index in [-0.39, 0.29) is 29.0 Å². The average Bonchev–Trinajstić information content (AvgIpc) is 3.21. The van der Waals surface area contributed by atoms with Gasteiger partial charge in [-0.05, 0) is 65.2 Å². The maximum Gasteiger partial charge on any atom is 0.294 e. The molecule has 0 unspecified atom stereocenters. The second-order valence-corrected chi connectivity index (χ2v) is 10.4. The van der Waals surface area contributed by atoms with E-state index in [9.17, 15) is 28.0 Å². The molecular weight excluding hydrogens is 568 g/mol. The van der Waals surface area contributed by atoms with Crippen molar-refractivity contribution in [3.05, 3.63) is 88.3 Å². The fourth-order valence-electron chi connectivity index (χ4n) is 4.05. The number of halogens is 2. The van der Waals surface area contributed by atoms with Gasteiger partial charge in [-0.15, -0.1) is 0 Å². The molecule has 3 aromatic rings. The van der Waals surface area contributed by atoms with Crippen LogP contribution in [0.4, 0.5) is 25.0 Å². The lowest BCUT2D eigenvalue weighted by molar-refractivity contribution is -0.127. The number of para-hydroxylation sites is 1. The van der Waals surface area contributed by atoms with E-state index in [0.717, 1.165) is 22.6 Å². The predicted molar refractivity (Wildman–Crippen MR) is 155 cm³/mol. The number of methoxy groups -OCH3 is 1. The van der Waals surface area contributed by atoms with E-state index in [2.05, 4.69) is 10.6 Å². The first kappa shape index (κ1) is 30.3. The van der Waals surface area contributed by atoms with Gasteiger partial charge in [-0.1, -0.05) is 38.1 Å². The van der Waals surface area contributed by atoms with Crippen LogP contribution < -0.4 is 20.1 Å². The quantitative estimate of drug-likeness (QED) is 0.285. The van der Waals surface area contributed by atoms with E-state index in [1.165, 1.54) is 13.2 Å². The molecule has 1 aliphatic rings. The number of carbonyl (C=O) groups excluding carboxylic acids is 4. The van der Waals surface area contributed by atoms with Crippen molar-refractivity contribution in [1.82, 2.24) is 4.90 Å². The van der Waals surface area contributed by atoms with Crippen molar-refractivity contribution in [3.8, 4) is 11.5 Å². The molecule has 1 saturated heterocycles. The summed E-state index contributed by atoms with van der Waals surface area (Å²) in [5.41, 5.74) is 1.92. The third-order valence-corrected chi connectivity index (χ3v) is 6.99. The van der Waals surface area contributed by atoms with Crippen LogP contribution in [0.5, 0.6) is 11.5 Å². The highest BCUT2D eigenvalue weighted by atomic mass is 32.2. The van der Waals surface area contributed by atoms with Crippen molar-refractivity contribution in [2.24, 2.45) is 0 Å². The SMILES string of the molecule is COc1cc(/C=C2\SC(=O)N(CC(=O)Nc3ccc(F)cc3F)C2=O)ccc1OCC(=O)Nc1ccccc1C(C)C.